The van der Waals surface area contributed by atoms with Gasteiger partial charge in [-0.25, -0.2) is 0 Å². The Balaban J connectivity index is 2.56. The van der Waals surface area contributed by atoms with Crippen LogP contribution in [0.5, 0.6) is 5.75 Å². The molecule has 0 saturated carbocycles. The van der Waals surface area contributed by atoms with E-state index in [4.69, 9.17) is 4.74 Å². The number of aryl methyl sites for hydroxylation is 2. The molecule has 5 nitrogen and oxygen atoms in total. The molecule has 0 atom stereocenters. The number of carbonyl (C=O) groups excluding carboxylic acids is 2. The smallest absolute Gasteiger partial charge is 0.307 e. The monoisotopic (exact) mass is 293 g/mol. The van der Waals surface area contributed by atoms with Crippen molar-refractivity contribution in [2.45, 2.75) is 27.2 Å². The lowest BCUT2D eigenvalue weighted by molar-refractivity contribution is -0.142. The third-order valence-corrected chi connectivity index (χ3v) is 3.30. The number of hydrogen-bond acceptors (Lipinski definition) is 4. The van der Waals surface area contributed by atoms with Crippen LogP contribution in [-0.2, 0) is 14.3 Å². The number of rotatable bonds is 7. The van der Waals surface area contributed by atoms with E-state index in [1.54, 1.807) is 4.90 Å². The van der Waals surface area contributed by atoms with Gasteiger partial charge >= 0.3 is 5.97 Å². The zero-order valence-corrected chi connectivity index (χ0v) is 13.1. The summed E-state index contributed by atoms with van der Waals surface area (Å²) in [6.07, 6.45) is 0.194. The van der Waals surface area contributed by atoms with Crippen LogP contribution in [0.3, 0.4) is 0 Å². The predicted molar refractivity (Wildman–Crippen MR) is 80.3 cm³/mol. The molecule has 0 saturated heterocycles. The highest BCUT2D eigenvalue weighted by Gasteiger charge is 2.15. The van der Waals surface area contributed by atoms with E-state index in [1.807, 2.05) is 39.0 Å². The second kappa shape index (κ2) is 8.29. The van der Waals surface area contributed by atoms with Gasteiger partial charge in [0.1, 0.15) is 5.75 Å². The van der Waals surface area contributed by atoms with Crippen LogP contribution in [0.1, 0.15) is 24.5 Å². The van der Waals surface area contributed by atoms with E-state index < -0.39 is 0 Å². The Morgan fingerprint density at radius 3 is 2.33 bits per heavy atom. The molecule has 0 aliphatic rings. The van der Waals surface area contributed by atoms with Gasteiger partial charge in [-0.2, -0.15) is 0 Å². The topological polar surface area (TPSA) is 55.8 Å². The summed E-state index contributed by atoms with van der Waals surface area (Å²) in [5.74, 6) is 0.288. The summed E-state index contributed by atoms with van der Waals surface area (Å²) in [5.41, 5.74) is 2.00. The van der Waals surface area contributed by atoms with Crippen molar-refractivity contribution < 1.29 is 19.1 Å². The van der Waals surface area contributed by atoms with Crippen molar-refractivity contribution >= 4 is 11.9 Å². The van der Waals surface area contributed by atoms with E-state index in [-0.39, 0.29) is 24.9 Å². The number of methoxy groups -OCH3 is 1. The van der Waals surface area contributed by atoms with Crippen molar-refractivity contribution in [1.29, 1.82) is 0 Å². The van der Waals surface area contributed by atoms with Crippen molar-refractivity contribution in [3.05, 3.63) is 29.3 Å². The van der Waals surface area contributed by atoms with Gasteiger partial charge in [0.2, 0.25) is 0 Å². The number of para-hydroxylation sites is 1. The molecule has 116 valence electrons. The highest BCUT2D eigenvalue weighted by atomic mass is 16.5. The van der Waals surface area contributed by atoms with Crippen LogP contribution in [0.2, 0.25) is 0 Å². The Morgan fingerprint density at radius 2 is 1.81 bits per heavy atom. The molecule has 1 aromatic carbocycles. The molecule has 0 aromatic heterocycles. The Morgan fingerprint density at radius 1 is 1.19 bits per heavy atom. The Hall–Kier alpha value is -2.04. The van der Waals surface area contributed by atoms with Gasteiger partial charge in [-0.15, -0.1) is 0 Å². The first-order valence-electron chi connectivity index (χ1n) is 7.03. The molecule has 0 spiro atoms. The number of nitrogens with zero attached hydrogens (tertiary/aromatic N) is 1. The fourth-order valence-corrected chi connectivity index (χ4v) is 2.04. The van der Waals surface area contributed by atoms with Crippen LogP contribution >= 0.6 is 0 Å². The van der Waals surface area contributed by atoms with E-state index in [2.05, 4.69) is 4.74 Å². The summed E-state index contributed by atoms with van der Waals surface area (Å²) in [4.78, 5) is 24.8. The lowest BCUT2D eigenvalue weighted by Crippen LogP contribution is -2.36. The van der Waals surface area contributed by atoms with E-state index in [1.165, 1.54) is 7.11 Å². The number of likely N-dealkylation sites (N-methyl/N-ethyl adjacent to an activating group) is 1. The lowest BCUT2D eigenvalue weighted by Gasteiger charge is -2.21. The zero-order chi connectivity index (χ0) is 15.8. The van der Waals surface area contributed by atoms with Crippen molar-refractivity contribution in [3.63, 3.8) is 0 Å². The number of hydrogen-bond donors (Lipinski definition) is 0. The fraction of sp³-hybridized carbons (Fsp3) is 0.500. The number of benzene rings is 1. The van der Waals surface area contributed by atoms with E-state index in [0.29, 0.717) is 13.1 Å². The molecule has 0 N–H and O–H groups in total. The van der Waals surface area contributed by atoms with Gasteiger partial charge < -0.3 is 14.4 Å². The highest BCUT2D eigenvalue weighted by Crippen LogP contribution is 2.22. The molecule has 0 bridgehead atoms. The maximum Gasteiger partial charge on any atom is 0.307 e. The number of carbonyl (C=O) groups is 2. The quantitative estimate of drug-likeness (QED) is 0.722. The van der Waals surface area contributed by atoms with Crippen LogP contribution in [0, 0.1) is 13.8 Å². The molecule has 1 rings (SSSR count). The Kier molecular flexibility index (Phi) is 6.72. The minimum Gasteiger partial charge on any atom is -0.483 e. The second-order valence-corrected chi connectivity index (χ2v) is 4.81. The number of ether oxygens (including phenoxy) is 2. The van der Waals surface area contributed by atoms with Crippen molar-refractivity contribution in [2.75, 3.05) is 26.8 Å². The highest BCUT2D eigenvalue weighted by molar-refractivity contribution is 5.78. The molecule has 0 fully saturated rings. The van der Waals surface area contributed by atoms with E-state index in [9.17, 15) is 9.59 Å². The van der Waals surface area contributed by atoms with Crippen molar-refractivity contribution in [2.24, 2.45) is 0 Å². The van der Waals surface area contributed by atoms with Gasteiger partial charge in [0, 0.05) is 13.1 Å². The van der Waals surface area contributed by atoms with Gasteiger partial charge in [-0.1, -0.05) is 18.2 Å². The normalized spacial score (nSPS) is 10.1. The minimum absolute atomic E-state index is 0.0271. The van der Waals surface area contributed by atoms with Crippen LogP contribution in [0.15, 0.2) is 18.2 Å². The van der Waals surface area contributed by atoms with Crippen molar-refractivity contribution in [1.82, 2.24) is 4.90 Å². The molecule has 5 heteroatoms. The first kappa shape index (κ1) is 17.0. The molecule has 0 aliphatic carbocycles. The molecule has 0 unspecified atom stereocenters. The van der Waals surface area contributed by atoms with Crippen LogP contribution < -0.4 is 4.74 Å². The van der Waals surface area contributed by atoms with Crippen LogP contribution in [-0.4, -0.2) is 43.6 Å². The molecule has 21 heavy (non-hydrogen) atoms. The summed E-state index contributed by atoms with van der Waals surface area (Å²) in [6.45, 7) is 6.61. The standard InChI is InChI=1S/C16H23NO4/c1-5-17(10-9-15(19)20-4)14(18)11-21-16-12(2)7-6-8-13(16)3/h6-8H,5,9-11H2,1-4H3. The molecule has 1 amide bonds. The molecule has 1 aromatic rings. The predicted octanol–water partition coefficient (Wildman–Crippen LogP) is 2.09. The SMILES string of the molecule is CCN(CCC(=O)OC)C(=O)COc1c(C)cccc1C. The average Bonchev–Trinajstić information content (AvgIpc) is 2.47. The first-order valence-corrected chi connectivity index (χ1v) is 7.03. The van der Waals surface area contributed by atoms with Gasteiger partial charge in [0.05, 0.1) is 13.5 Å². The second-order valence-electron chi connectivity index (χ2n) is 4.81. The van der Waals surface area contributed by atoms with E-state index in [0.717, 1.165) is 16.9 Å². The van der Waals surface area contributed by atoms with Crippen molar-refractivity contribution in [3.8, 4) is 5.75 Å². The summed E-state index contributed by atoms with van der Waals surface area (Å²) >= 11 is 0. The number of amides is 1. The Labute approximate surface area is 125 Å². The third-order valence-electron chi connectivity index (χ3n) is 3.30. The fourth-order valence-electron chi connectivity index (χ4n) is 2.04. The van der Waals surface area contributed by atoms with Gasteiger partial charge in [-0.3, -0.25) is 9.59 Å². The molecule has 0 aliphatic heterocycles. The minimum atomic E-state index is -0.322. The Bertz CT molecular complexity index is 479. The first-order chi connectivity index (χ1) is 9.99. The molecule has 0 radical (unpaired) electrons. The van der Waals surface area contributed by atoms with Gasteiger partial charge in [0.15, 0.2) is 6.61 Å². The average molecular weight is 293 g/mol. The molecular formula is C16H23NO4. The maximum absolute atomic E-state index is 12.1. The van der Waals surface area contributed by atoms with Gasteiger partial charge in [-0.05, 0) is 31.9 Å². The molecule has 0 heterocycles. The third kappa shape index (κ3) is 5.10. The molecular weight excluding hydrogens is 270 g/mol. The van der Waals surface area contributed by atoms with Crippen LogP contribution in [0.4, 0.5) is 0 Å². The number of esters is 1. The van der Waals surface area contributed by atoms with Gasteiger partial charge in [0.25, 0.3) is 5.91 Å². The lowest BCUT2D eigenvalue weighted by atomic mass is 10.1. The summed E-state index contributed by atoms with van der Waals surface area (Å²) in [7, 11) is 1.34. The zero-order valence-electron chi connectivity index (χ0n) is 13.1. The summed E-state index contributed by atoms with van der Waals surface area (Å²) in [6, 6.07) is 5.84. The van der Waals surface area contributed by atoms with E-state index >= 15 is 0 Å². The largest absolute Gasteiger partial charge is 0.483 e. The summed E-state index contributed by atoms with van der Waals surface area (Å²) < 4.78 is 10.2. The maximum atomic E-state index is 12.1. The summed E-state index contributed by atoms with van der Waals surface area (Å²) in [5, 5.41) is 0. The van der Waals surface area contributed by atoms with Crippen LogP contribution in [0.25, 0.3) is 0 Å².